The highest BCUT2D eigenvalue weighted by atomic mass is 19.4. The van der Waals surface area contributed by atoms with E-state index in [1.807, 2.05) is 0 Å². The molecule has 112 valence electrons. The minimum atomic E-state index is -4.31. The van der Waals surface area contributed by atoms with Crippen molar-refractivity contribution in [3.8, 4) is 0 Å². The Kier molecular flexibility index (Phi) is 4.91. The van der Waals surface area contributed by atoms with Gasteiger partial charge in [-0.1, -0.05) is 18.1 Å². The molecule has 2 nitrogen and oxygen atoms in total. The highest BCUT2D eigenvalue weighted by Crippen LogP contribution is 2.35. The molecule has 1 N–H and O–H groups in total. The van der Waals surface area contributed by atoms with Crippen molar-refractivity contribution < 1.29 is 13.2 Å². The van der Waals surface area contributed by atoms with Gasteiger partial charge in [-0.3, -0.25) is 0 Å². The number of likely N-dealkylation sites (tertiary alicyclic amines) is 1. The molecule has 0 aromatic heterocycles. The van der Waals surface area contributed by atoms with Crippen LogP contribution in [0.15, 0.2) is 18.2 Å². The molecule has 5 heteroatoms. The van der Waals surface area contributed by atoms with Crippen LogP contribution in [0.4, 0.5) is 18.9 Å². The molecule has 0 bridgehead atoms. The Balaban J connectivity index is 1.95. The van der Waals surface area contributed by atoms with Crippen LogP contribution in [0.25, 0.3) is 0 Å². The summed E-state index contributed by atoms with van der Waals surface area (Å²) < 4.78 is 38.9. The Morgan fingerprint density at radius 2 is 1.85 bits per heavy atom. The summed E-state index contributed by atoms with van der Waals surface area (Å²) in [4.78, 5) is 2.30. The van der Waals surface area contributed by atoms with Crippen LogP contribution in [0.2, 0.25) is 0 Å². The first-order valence-electron chi connectivity index (χ1n) is 7.11. The SMILES string of the molecule is Cc1ccc(NCCN2CCCCC2)c(C(F)(F)F)c1. The standard InChI is InChI=1S/C15H21F3N2/c1-12-5-6-14(13(11-12)15(16,17)18)19-7-10-20-8-3-2-4-9-20/h5-6,11,19H,2-4,7-10H2,1H3. The molecule has 0 saturated carbocycles. The summed E-state index contributed by atoms with van der Waals surface area (Å²) in [7, 11) is 0. The predicted molar refractivity (Wildman–Crippen MR) is 75.0 cm³/mol. The van der Waals surface area contributed by atoms with Crippen molar-refractivity contribution in [3.05, 3.63) is 29.3 Å². The second-order valence-corrected chi connectivity index (χ2v) is 5.38. The average molecular weight is 286 g/mol. The number of nitrogens with one attached hydrogen (secondary N) is 1. The van der Waals surface area contributed by atoms with E-state index >= 15 is 0 Å². The second-order valence-electron chi connectivity index (χ2n) is 5.38. The molecule has 1 aromatic carbocycles. The van der Waals surface area contributed by atoms with Crippen molar-refractivity contribution in [1.29, 1.82) is 0 Å². The molecule has 0 amide bonds. The van der Waals surface area contributed by atoms with Crippen LogP contribution in [0.5, 0.6) is 0 Å². The van der Waals surface area contributed by atoms with Crippen molar-refractivity contribution in [1.82, 2.24) is 4.90 Å². The van der Waals surface area contributed by atoms with Gasteiger partial charge in [0.1, 0.15) is 0 Å². The van der Waals surface area contributed by atoms with E-state index in [1.165, 1.54) is 31.4 Å². The number of hydrogen-bond donors (Lipinski definition) is 1. The summed E-state index contributed by atoms with van der Waals surface area (Å²) in [6.45, 7) is 5.13. The van der Waals surface area contributed by atoms with Gasteiger partial charge in [0.25, 0.3) is 0 Å². The summed E-state index contributed by atoms with van der Waals surface area (Å²) in [5, 5.41) is 2.93. The van der Waals surface area contributed by atoms with Crippen molar-refractivity contribution in [3.63, 3.8) is 0 Å². The van der Waals surface area contributed by atoms with Gasteiger partial charge in [-0.2, -0.15) is 13.2 Å². The van der Waals surface area contributed by atoms with Crippen molar-refractivity contribution in [2.24, 2.45) is 0 Å². The van der Waals surface area contributed by atoms with Crippen LogP contribution in [-0.2, 0) is 6.18 Å². The van der Waals surface area contributed by atoms with E-state index in [9.17, 15) is 13.2 Å². The predicted octanol–water partition coefficient (Wildman–Crippen LogP) is 3.91. The Bertz CT molecular complexity index is 437. The van der Waals surface area contributed by atoms with E-state index in [0.717, 1.165) is 19.6 Å². The van der Waals surface area contributed by atoms with Crippen molar-refractivity contribution in [2.45, 2.75) is 32.4 Å². The Morgan fingerprint density at radius 1 is 1.15 bits per heavy atom. The van der Waals surface area contributed by atoms with Gasteiger partial charge in [-0.15, -0.1) is 0 Å². The average Bonchev–Trinajstić information content (AvgIpc) is 2.40. The van der Waals surface area contributed by atoms with Gasteiger partial charge in [-0.25, -0.2) is 0 Å². The molecular weight excluding hydrogens is 265 g/mol. The fourth-order valence-electron chi connectivity index (χ4n) is 2.58. The van der Waals surface area contributed by atoms with Gasteiger partial charge < -0.3 is 10.2 Å². The number of benzene rings is 1. The van der Waals surface area contributed by atoms with Crippen LogP contribution in [0.1, 0.15) is 30.4 Å². The maximum Gasteiger partial charge on any atom is 0.418 e. The van der Waals surface area contributed by atoms with E-state index < -0.39 is 11.7 Å². The minimum Gasteiger partial charge on any atom is -0.383 e. The molecule has 1 fully saturated rings. The number of anilines is 1. The highest BCUT2D eigenvalue weighted by molar-refractivity contribution is 5.54. The normalized spacial score (nSPS) is 17.2. The fourth-order valence-corrected chi connectivity index (χ4v) is 2.58. The zero-order valence-electron chi connectivity index (χ0n) is 11.8. The van der Waals surface area contributed by atoms with Gasteiger partial charge in [0, 0.05) is 18.8 Å². The number of alkyl halides is 3. The number of hydrogen-bond acceptors (Lipinski definition) is 2. The molecule has 0 aliphatic carbocycles. The lowest BCUT2D eigenvalue weighted by Gasteiger charge is -2.26. The van der Waals surface area contributed by atoms with Crippen LogP contribution >= 0.6 is 0 Å². The third-order valence-corrected chi connectivity index (χ3v) is 3.67. The van der Waals surface area contributed by atoms with Crippen molar-refractivity contribution in [2.75, 3.05) is 31.5 Å². The molecule has 1 heterocycles. The zero-order chi connectivity index (χ0) is 14.6. The van der Waals surface area contributed by atoms with Gasteiger partial charge in [-0.05, 0) is 45.0 Å². The monoisotopic (exact) mass is 286 g/mol. The highest BCUT2D eigenvalue weighted by Gasteiger charge is 2.33. The zero-order valence-corrected chi connectivity index (χ0v) is 11.8. The fraction of sp³-hybridized carbons (Fsp3) is 0.600. The quantitative estimate of drug-likeness (QED) is 0.902. The van der Waals surface area contributed by atoms with Gasteiger partial charge >= 0.3 is 6.18 Å². The second kappa shape index (κ2) is 6.48. The van der Waals surface area contributed by atoms with Crippen LogP contribution in [0.3, 0.4) is 0 Å². The molecule has 1 saturated heterocycles. The summed E-state index contributed by atoms with van der Waals surface area (Å²) in [6.07, 6.45) is -0.656. The minimum absolute atomic E-state index is 0.181. The molecule has 1 aliphatic heterocycles. The molecule has 1 aromatic rings. The summed E-state index contributed by atoms with van der Waals surface area (Å²) in [5.74, 6) is 0. The number of halogens is 3. The number of nitrogens with zero attached hydrogens (tertiary/aromatic N) is 1. The van der Waals surface area contributed by atoms with Crippen LogP contribution in [-0.4, -0.2) is 31.1 Å². The Morgan fingerprint density at radius 3 is 2.50 bits per heavy atom. The lowest BCUT2D eigenvalue weighted by molar-refractivity contribution is -0.137. The molecule has 0 atom stereocenters. The molecule has 0 spiro atoms. The molecule has 0 radical (unpaired) electrons. The molecule has 0 unspecified atom stereocenters. The number of piperidine rings is 1. The van der Waals surface area contributed by atoms with E-state index in [2.05, 4.69) is 10.2 Å². The lowest BCUT2D eigenvalue weighted by Crippen LogP contribution is -2.33. The maximum atomic E-state index is 13.0. The van der Waals surface area contributed by atoms with E-state index in [0.29, 0.717) is 12.1 Å². The summed E-state index contributed by atoms with van der Waals surface area (Å²) in [6, 6.07) is 4.43. The number of rotatable bonds is 4. The van der Waals surface area contributed by atoms with Gasteiger partial charge in [0.2, 0.25) is 0 Å². The molecule has 2 rings (SSSR count). The first-order valence-corrected chi connectivity index (χ1v) is 7.11. The maximum absolute atomic E-state index is 13.0. The summed E-state index contributed by atoms with van der Waals surface area (Å²) in [5.41, 5.74) is 0.232. The molecule has 20 heavy (non-hydrogen) atoms. The Labute approximate surface area is 118 Å². The topological polar surface area (TPSA) is 15.3 Å². The van der Waals surface area contributed by atoms with Gasteiger partial charge in [0.05, 0.1) is 5.56 Å². The van der Waals surface area contributed by atoms with E-state index in [-0.39, 0.29) is 5.69 Å². The van der Waals surface area contributed by atoms with E-state index in [4.69, 9.17) is 0 Å². The molecular formula is C15H21F3N2. The first kappa shape index (κ1) is 15.2. The third-order valence-electron chi connectivity index (χ3n) is 3.67. The van der Waals surface area contributed by atoms with Crippen LogP contribution in [0, 0.1) is 6.92 Å². The largest absolute Gasteiger partial charge is 0.418 e. The lowest BCUT2D eigenvalue weighted by atomic mass is 10.1. The van der Waals surface area contributed by atoms with Crippen molar-refractivity contribution >= 4 is 5.69 Å². The Hall–Kier alpha value is -1.23. The molecule has 1 aliphatic rings. The van der Waals surface area contributed by atoms with Crippen LogP contribution < -0.4 is 5.32 Å². The third kappa shape index (κ3) is 4.13. The summed E-state index contributed by atoms with van der Waals surface area (Å²) >= 11 is 0. The van der Waals surface area contributed by atoms with Gasteiger partial charge in [0.15, 0.2) is 0 Å². The van der Waals surface area contributed by atoms with E-state index in [1.54, 1.807) is 13.0 Å². The smallest absolute Gasteiger partial charge is 0.383 e. The first-order chi connectivity index (χ1) is 9.47. The number of aryl methyl sites for hydroxylation is 1.